The van der Waals surface area contributed by atoms with Gasteiger partial charge in [-0.1, -0.05) is 31.0 Å². The van der Waals surface area contributed by atoms with E-state index in [-0.39, 0.29) is 11.5 Å². The second-order valence-electron chi connectivity index (χ2n) is 11.6. The summed E-state index contributed by atoms with van der Waals surface area (Å²) in [6, 6.07) is 20.8. The van der Waals surface area contributed by atoms with Crippen LogP contribution in [0.25, 0.3) is 16.5 Å². The van der Waals surface area contributed by atoms with E-state index in [9.17, 15) is 9.59 Å². The Balaban J connectivity index is 1.24. The van der Waals surface area contributed by atoms with Crippen LogP contribution in [-0.4, -0.2) is 54.7 Å². The molecule has 2 fully saturated rings. The van der Waals surface area contributed by atoms with Crippen molar-refractivity contribution in [1.82, 2.24) is 9.47 Å². The summed E-state index contributed by atoms with van der Waals surface area (Å²) in [5.74, 6) is 0.377. The lowest BCUT2D eigenvalue weighted by Crippen LogP contribution is -2.25. The molecule has 43 heavy (non-hydrogen) atoms. The Morgan fingerprint density at radius 2 is 1.65 bits per heavy atom. The molecule has 0 N–H and O–H groups in total. The number of amides is 1. The number of pyridine rings is 1. The largest absolute Gasteiger partial charge is 0.492 e. The molecule has 2 saturated heterocycles. The minimum Gasteiger partial charge on any atom is -0.492 e. The minimum atomic E-state index is -0.310. The Morgan fingerprint density at radius 1 is 0.884 bits per heavy atom. The maximum Gasteiger partial charge on any atom is 0.272 e. The van der Waals surface area contributed by atoms with Gasteiger partial charge < -0.3 is 9.64 Å². The van der Waals surface area contributed by atoms with Crippen molar-refractivity contribution >= 4 is 39.8 Å². The summed E-state index contributed by atoms with van der Waals surface area (Å²) >= 11 is 6.68. The number of benzene rings is 3. The number of rotatable bonds is 8. The second kappa shape index (κ2) is 13.2. The Kier molecular flexibility index (Phi) is 9.00. The normalized spacial score (nSPS) is 15.9. The molecule has 4 aromatic rings. The topological polar surface area (TPSA) is 58.0 Å². The predicted octanol–water partition coefficient (Wildman–Crippen LogP) is 6.95. The molecule has 0 spiro atoms. The average molecular weight is 599 g/mol. The van der Waals surface area contributed by atoms with Crippen molar-refractivity contribution in [3.8, 4) is 11.4 Å². The fraction of sp³-hybridized carbons (Fsp3) is 0.371. The van der Waals surface area contributed by atoms with Crippen molar-refractivity contribution < 1.29 is 9.53 Å². The fourth-order valence-corrected chi connectivity index (χ4v) is 6.37. The third kappa shape index (κ3) is 6.58. The van der Waals surface area contributed by atoms with Crippen LogP contribution in [-0.2, 0) is 0 Å². The van der Waals surface area contributed by atoms with Crippen LogP contribution < -0.4 is 19.6 Å². The van der Waals surface area contributed by atoms with E-state index in [1.807, 2.05) is 49.4 Å². The molecule has 1 aromatic heterocycles. The van der Waals surface area contributed by atoms with Gasteiger partial charge in [0.2, 0.25) is 0 Å². The van der Waals surface area contributed by atoms with Crippen LogP contribution in [0.3, 0.4) is 0 Å². The summed E-state index contributed by atoms with van der Waals surface area (Å²) < 4.78 is 8.78. The lowest BCUT2D eigenvalue weighted by molar-refractivity contribution is 0.101. The number of aryl methyl sites for hydroxylation is 1. The number of carbonyl (C=O) groups excluding carboxylic acids is 1. The maximum absolute atomic E-state index is 13.7. The highest BCUT2D eigenvalue weighted by Gasteiger charge is 2.20. The first kappa shape index (κ1) is 29.3. The van der Waals surface area contributed by atoms with E-state index in [2.05, 4.69) is 15.9 Å². The second-order valence-corrected chi connectivity index (χ2v) is 12.0. The summed E-state index contributed by atoms with van der Waals surface area (Å²) in [6.07, 6.45) is 9.08. The van der Waals surface area contributed by atoms with E-state index in [4.69, 9.17) is 16.5 Å². The van der Waals surface area contributed by atoms with Crippen molar-refractivity contribution in [2.24, 2.45) is 0 Å². The van der Waals surface area contributed by atoms with Gasteiger partial charge in [0.1, 0.15) is 12.4 Å². The quantitative estimate of drug-likeness (QED) is 0.205. The zero-order valence-electron chi connectivity index (χ0n) is 24.8. The molecule has 224 valence electrons. The minimum absolute atomic E-state index is 0.152. The molecule has 3 aromatic carbocycles. The first-order valence-corrected chi connectivity index (χ1v) is 15.8. The monoisotopic (exact) mass is 598 g/mol. The predicted molar refractivity (Wildman–Crippen MR) is 175 cm³/mol. The van der Waals surface area contributed by atoms with E-state index in [1.165, 1.54) is 25.7 Å². The van der Waals surface area contributed by atoms with Gasteiger partial charge in [0.25, 0.3) is 11.5 Å². The SMILES string of the molecule is Cc1ccc(N(Cl)C(=O)c2cccc(N3CCCCCC3)c2)cc1-n1ccc2ccc(OCCN3CCCC3)cc2c1=O. The molecule has 0 atom stereocenters. The maximum atomic E-state index is 13.7. The van der Waals surface area contributed by atoms with Gasteiger partial charge in [-0.15, -0.1) is 0 Å². The lowest BCUT2D eigenvalue weighted by atomic mass is 10.1. The highest BCUT2D eigenvalue weighted by atomic mass is 35.5. The Labute approximate surface area is 258 Å². The number of fused-ring (bicyclic) bond motifs is 1. The average Bonchev–Trinajstić information content (AvgIpc) is 3.40. The number of ether oxygens (including phenoxy) is 1. The van der Waals surface area contributed by atoms with Gasteiger partial charge in [-0.3, -0.25) is 19.1 Å². The summed E-state index contributed by atoms with van der Waals surface area (Å²) in [5.41, 5.74) is 3.48. The fourth-order valence-electron chi connectivity index (χ4n) is 6.17. The van der Waals surface area contributed by atoms with E-state index in [0.29, 0.717) is 34.7 Å². The highest BCUT2D eigenvalue weighted by Crippen LogP contribution is 2.28. The van der Waals surface area contributed by atoms with Gasteiger partial charge in [-0.25, -0.2) is 4.42 Å². The smallest absolute Gasteiger partial charge is 0.272 e. The first-order chi connectivity index (χ1) is 21.0. The van der Waals surface area contributed by atoms with Crippen LogP contribution in [0.15, 0.2) is 77.7 Å². The van der Waals surface area contributed by atoms with Crippen LogP contribution in [0.2, 0.25) is 0 Å². The highest BCUT2D eigenvalue weighted by molar-refractivity contribution is 6.39. The molecule has 6 rings (SSSR count). The molecule has 2 aliphatic heterocycles. The summed E-state index contributed by atoms with van der Waals surface area (Å²) in [4.78, 5) is 32.0. The van der Waals surface area contributed by atoms with Crippen LogP contribution in [0.1, 0.15) is 54.4 Å². The number of hydrogen-bond acceptors (Lipinski definition) is 5. The van der Waals surface area contributed by atoms with E-state index in [0.717, 1.165) is 66.6 Å². The zero-order valence-corrected chi connectivity index (χ0v) is 25.6. The number of likely N-dealkylation sites (tertiary alicyclic amines) is 1. The number of aromatic nitrogens is 1. The number of halogens is 1. The number of nitrogens with zero attached hydrogens (tertiary/aromatic N) is 4. The Morgan fingerprint density at radius 3 is 2.44 bits per heavy atom. The van der Waals surface area contributed by atoms with Gasteiger partial charge in [0.15, 0.2) is 0 Å². The van der Waals surface area contributed by atoms with Crippen LogP contribution in [0, 0.1) is 6.92 Å². The molecule has 0 bridgehead atoms. The van der Waals surface area contributed by atoms with Crippen molar-refractivity contribution in [3.05, 3.63) is 94.4 Å². The van der Waals surface area contributed by atoms with Crippen molar-refractivity contribution in [2.45, 2.75) is 45.4 Å². The standard InChI is InChI=1S/C35H39ClN4O3/c1-26-11-13-30(40(36)34(41)28-9-8-10-29(23-28)38-18-4-2-3-5-19-38)24-33(26)39-20-15-27-12-14-31(25-32(27)35(39)42)43-22-21-37-16-6-7-17-37/h8-15,20,23-25H,2-7,16-19,21-22H2,1H3. The number of hydrogen-bond donors (Lipinski definition) is 0. The number of carbonyl (C=O) groups is 1. The Hall–Kier alpha value is -3.81. The molecular formula is C35H39ClN4O3. The molecule has 8 heteroatoms. The third-order valence-electron chi connectivity index (χ3n) is 8.67. The van der Waals surface area contributed by atoms with Gasteiger partial charge in [0.05, 0.1) is 16.8 Å². The van der Waals surface area contributed by atoms with Crippen molar-refractivity contribution in [1.29, 1.82) is 0 Å². The molecule has 3 heterocycles. The van der Waals surface area contributed by atoms with E-state index in [1.54, 1.807) is 29.0 Å². The van der Waals surface area contributed by atoms with Crippen LogP contribution in [0.5, 0.6) is 5.75 Å². The molecule has 0 radical (unpaired) electrons. The summed E-state index contributed by atoms with van der Waals surface area (Å²) in [7, 11) is 0. The summed E-state index contributed by atoms with van der Waals surface area (Å²) in [6.45, 7) is 7.67. The van der Waals surface area contributed by atoms with Crippen molar-refractivity contribution in [2.75, 3.05) is 48.6 Å². The van der Waals surface area contributed by atoms with Gasteiger partial charge >= 0.3 is 0 Å². The van der Waals surface area contributed by atoms with E-state index >= 15 is 0 Å². The van der Waals surface area contributed by atoms with Crippen LogP contribution >= 0.6 is 11.8 Å². The molecule has 1 amide bonds. The van der Waals surface area contributed by atoms with Gasteiger partial charge in [-0.05, 0) is 105 Å². The molecule has 0 aliphatic carbocycles. The van der Waals surface area contributed by atoms with Crippen LogP contribution in [0.4, 0.5) is 11.4 Å². The molecule has 0 unspecified atom stereocenters. The summed E-state index contributed by atoms with van der Waals surface area (Å²) in [5, 5.41) is 1.43. The molecule has 2 aliphatic rings. The number of anilines is 2. The first-order valence-electron chi connectivity index (χ1n) is 15.4. The zero-order chi connectivity index (χ0) is 29.8. The van der Waals surface area contributed by atoms with Gasteiger partial charge in [-0.2, -0.15) is 0 Å². The lowest BCUT2D eigenvalue weighted by Gasteiger charge is -2.23. The third-order valence-corrected chi connectivity index (χ3v) is 9.02. The van der Waals surface area contributed by atoms with E-state index < -0.39 is 0 Å². The molecular weight excluding hydrogens is 560 g/mol. The van der Waals surface area contributed by atoms with Crippen molar-refractivity contribution in [3.63, 3.8) is 0 Å². The molecule has 0 saturated carbocycles. The van der Waals surface area contributed by atoms with Gasteiger partial charge in [0, 0.05) is 48.9 Å². The molecule has 7 nitrogen and oxygen atoms in total. The Bertz CT molecular complexity index is 1650.